The van der Waals surface area contributed by atoms with Crippen LogP contribution in [-0.4, -0.2) is 88.4 Å². The number of aliphatic carboxylic acids is 1. The highest BCUT2D eigenvalue weighted by Crippen LogP contribution is 2.43. The van der Waals surface area contributed by atoms with Gasteiger partial charge >= 0.3 is 5.97 Å². The summed E-state index contributed by atoms with van der Waals surface area (Å²) in [5, 5.41) is 44.0. The SMILES string of the molecule is C/C=C/C=C/[C@@H]1O[C@](O)(C(C)C(=O)NC/C=C/C=C(\C)C(OC)C(C)C2CC(O)C(/C=C/C=C/C=C/C(=O)O)O2)C[C@H](O)C1(C)C. The molecule has 2 fully saturated rings. The highest BCUT2D eigenvalue weighted by molar-refractivity contribution is 5.80. The number of allylic oxidation sites excluding steroid dienone is 9. The van der Waals surface area contributed by atoms with Crippen molar-refractivity contribution in [3.05, 3.63) is 84.6 Å². The zero-order valence-corrected chi connectivity index (χ0v) is 28.1. The number of amides is 1. The Morgan fingerprint density at radius 1 is 1.04 bits per heavy atom. The lowest BCUT2D eigenvalue weighted by molar-refractivity contribution is -0.312. The summed E-state index contributed by atoms with van der Waals surface area (Å²) >= 11 is 0. The number of rotatable bonds is 15. The maximum absolute atomic E-state index is 13.0. The largest absolute Gasteiger partial charge is 0.478 e. The quantitative estimate of drug-likeness (QED) is 0.131. The molecule has 2 rings (SSSR count). The first-order valence-electron chi connectivity index (χ1n) is 15.8. The molecule has 9 atom stereocenters. The minimum atomic E-state index is -1.83. The molecule has 256 valence electrons. The van der Waals surface area contributed by atoms with Gasteiger partial charge in [0.1, 0.15) is 6.10 Å². The minimum Gasteiger partial charge on any atom is -0.478 e. The van der Waals surface area contributed by atoms with Gasteiger partial charge in [-0.3, -0.25) is 4.79 Å². The molecule has 0 radical (unpaired) electrons. The maximum atomic E-state index is 13.0. The summed E-state index contributed by atoms with van der Waals surface area (Å²) in [5.41, 5.74) is 0.295. The highest BCUT2D eigenvalue weighted by Gasteiger charge is 2.53. The Morgan fingerprint density at radius 2 is 1.72 bits per heavy atom. The van der Waals surface area contributed by atoms with Crippen LogP contribution in [-0.2, 0) is 23.8 Å². The molecule has 0 aromatic rings. The summed E-state index contributed by atoms with van der Waals surface area (Å²) in [6.07, 6.45) is 19.2. The van der Waals surface area contributed by atoms with Gasteiger partial charge in [0.15, 0.2) is 5.79 Å². The van der Waals surface area contributed by atoms with Crippen LogP contribution in [0, 0.1) is 17.3 Å². The van der Waals surface area contributed by atoms with Gasteiger partial charge in [0.25, 0.3) is 0 Å². The molecule has 5 N–H and O–H groups in total. The van der Waals surface area contributed by atoms with Crippen LogP contribution in [0.25, 0.3) is 0 Å². The second-order valence-corrected chi connectivity index (χ2v) is 12.6. The van der Waals surface area contributed by atoms with E-state index in [-0.39, 0.29) is 31.1 Å². The Balaban J connectivity index is 1.93. The van der Waals surface area contributed by atoms with Crippen LogP contribution in [0.4, 0.5) is 0 Å². The number of methoxy groups -OCH3 is 1. The van der Waals surface area contributed by atoms with Crippen molar-refractivity contribution in [2.45, 2.75) is 96.8 Å². The van der Waals surface area contributed by atoms with E-state index in [1.807, 2.05) is 58.9 Å². The van der Waals surface area contributed by atoms with Crippen LogP contribution in [0.5, 0.6) is 0 Å². The van der Waals surface area contributed by atoms with E-state index >= 15 is 0 Å². The summed E-state index contributed by atoms with van der Waals surface area (Å²) in [6, 6.07) is 0. The Kier molecular flexibility index (Phi) is 15.5. The molecular formula is C36H53NO9. The van der Waals surface area contributed by atoms with Crippen molar-refractivity contribution in [1.29, 1.82) is 0 Å². The smallest absolute Gasteiger partial charge is 0.328 e. The molecule has 2 aliphatic heterocycles. The molecule has 0 aliphatic carbocycles. The Labute approximate surface area is 273 Å². The van der Waals surface area contributed by atoms with Crippen molar-refractivity contribution in [2.24, 2.45) is 17.3 Å². The summed E-state index contributed by atoms with van der Waals surface area (Å²) in [6.45, 7) is 11.4. The molecule has 1 amide bonds. The zero-order valence-electron chi connectivity index (χ0n) is 28.1. The van der Waals surface area contributed by atoms with Gasteiger partial charge in [-0.25, -0.2) is 4.79 Å². The van der Waals surface area contributed by atoms with Crippen LogP contribution in [0.15, 0.2) is 84.6 Å². The average Bonchev–Trinajstić information content (AvgIpc) is 3.37. The van der Waals surface area contributed by atoms with E-state index < -0.39 is 53.4 Å². The van der Waals surface area contributed by atoms with Crippen LogP contribution in [0.1, 0.15) is 54.4 Å². The van der Waals surface area contributed by atoms with Crippen molar-refractivity contribution < 1.29 is 44.2 Å². The van der Waals surface area contributed by atoms with E-state index in [2.05, 4.69) is 5.32 Å². The first-order valence-corrected chi connectivity index (χ1v) is 15.8. The third-order valence-electron chi connectivity index (χ3n) is 8.78. The normalized spacial score (nSPS) is 31.2. The van der Waals surface area contributed by atoms with E-state index in [0.717, 1.165) is 11.6 Å². The van der Waals surface area contributed by atoms with Crippen molar-refractivity contribution in [1.82, 2.24) is 5.32 Å². The molecular weight excluding hydrogens is 590 g/mol. The van der Waals surface area contributed by atoms with Gasteiger partial charge < -0.3 is 40.0 Å². The molecule has 10 nitrogen and oxygen atoms in total. The van der Waals surface area contributed by atoms with Crippen LogP contribution in [0.2, 0.25) is 0 Å². The van der Waals surface area contributed by atoms with E-state index in [0.29, 0.717) is 6.42 Å². The van der Waals surface area contributed by atoms with Gasteiger partial charge in [-0.15, -0.1) is 0 Å². The molecule has 0 aromatic carbocycles. The van der Waals surface area contributed by atoms with Crippen molar-refractivity contribution in [3.63, 3.8) is 0 Å². The van der Waals surface area contributed by atoms with E-state index in [4.69, 9.17) is 19.3 Å². The number of aliphatic hydroxyl groups is 3. The standard InChI is InChI=1S/C36H53NO9/c1-8-9-12-19-31-35(5,6)30(39)23-36(43,46-31)26(4)34(42)37-21-16-15-17-24(2)33(44-7)25(3)29-22-27(38)28(45-29)18-13-10-11-14-20-32(40)41/h8-20,25-31,33,38-39,43H,21-23H2,1-7H3,(H,37,42)(H,40,41)/b9-8+,11-10+,16-15+,18-13+,19-12+,20-14+,24-17+/t25?,26?,27?,28?,29?,30-,31-,33?,36-/m0/s1. The summed E-state index contributed by atoms with van der Waals surface area (Å²) in [5.74, 6) is -4.24. The number of carboxylic acids is 1. The Morgan fingerprint density at radius 3 is 2.37 bits per heavy atom. The topological polar surface area (TPSA) is 155 Å². The van der Waals surface area contributed by atoms with E-state index in [1.54, 1.807) is 56.6 Å². The fourth-order valence-electron chi connectivity index (χ4n) is 5.57. The molecule has 0 saturated carbocycles. The van der Waals surface area contributed by atoms with Crippen LogP contribution >= 0.6 is 0 Å². The van der Waals surface area contributed by atoms with Gasteiger partial charge in [-0.1, -0.05) is 93.7 Å². The number of aliphatic hydroxyl groups excluding tert-OH is 2. The van der Waals surface area contributed by atoms with Gasteiger partial charge in [0.05, 0.1) is 36.4 Å². The number of ether oxygens (including phenoxy) is 3. The summed E-state index contributed by atoms with van der Waals surface area (Å²) < 4.78 is 17.9. The lowest BCUT2D eigenvalue weighted by Crippen LogP contribution is -2.60. The third-order valence-corrected chi connectivity index (χ3v) is 8.78. The molecule has 10 heteroatoms. The molecule has 2 saturated heterocycles. The van der Waals surface area contributed by atoms with E-state index in [9.17, 15) is 24.9 Å². The number of hydrogen-bond acceptors (Lipinski definition) is 8. The lowest BCUT2D eigenvalue weighted by Gasteiger charge is -2.50. The van der Waals surface area contributed by atoms with Crippen molar-refractivity contribution in [3.8, 4) is 0 Å². The summed E-state index contributed by atoms with van der Waals surface area (Å²) in [4.78, 5) is 23.5. The maximum Gasteiger partial charge on any atom is 0.328 e. The first-order chi connectivity index (χ1) is 21.7. The predicted molar refractivity (Wildman–Crippen MR) is 178 cm³/mol. The Bertz CT molecular complexity index is 1210. The monoisotopic (exact) mass is 643 g/mol. The second-order valence-electron chi connectivity index (χ2n) is 12.6. The minimum absolute atomic E-state index is 0.0643. The van der Waals surface area contributed by atoms with Crippen molar-refractivity contribution >= 4 is 11.9 Å². The third kappa shape index (κ3) is 11.0. The molecule has 2 aliphatic rings. The number of carbonyl (C=O) groups is 2. The predicted octanol–water partition coefficient (Wildman–Crippen LogP) is 4.16. The number of nitrogens with one attached hydrogen (secondary N) is 1. The molecule has 0 aromatic heterocycles. The number of hydrogen-bond donors (Lipinski definition) is 5. The average molecular weight is 644 g/mol. The fraction of sp³-hybridized carbons (Fsp3) is 0.556. The molecule has 0 spiro atoms. The molecule has 2 heterocycles. The summed E-state index contributed by atoms with van der Waals surface area (Å²) in [7, 11) is 1.62. The molecule has 46 heavy (non-hydrogen) atoms. The number of carboxylic acid groups (broad SMARTS) is 1. The van der Waals surface area contributed by atoms with Crippen LogP contribution in [0.3, 0.4) is 0 Å². The van der Waals surface area contributed by atoms with Gasteiger partial charge in [0, 0.05) is 43.9 Å². The van der Waals surface area contributed by atoms with Gasteiger partial charge in [0.2, 0.25) is 5.91 Å². The second kappa shape index (κ2) is 18.3. The van der Waals surface area contributed by atoms with Gasteiger partial charge in [-0.05, 0) is 26.3 Å². The number of carbonyl (C=O) groups excluding carboxylic acids is 1. The van der Waals surface area contributed by atoms with Crippen molar-refractivity contribution in [2.75, 3.05) is 13.7 Å². The van der Waals surface area contributed by atoms with Gasteiger partial charge in [-0.2, -0.15) is 0 Å². The highest BCUT2D eigenvalue weighted by atomic mass is 16.6. The lowest BCUT2D eigenvalue weighted by atomic mass is 9.73. The van der Waals surface area contributed by atoms with Crippen LogP contribution < -0.4 is 5.32 Å². The fourth-order valence-corrected chi connectivity index (χ4v) is 5.57. The Hall–Kier alpha value is -3.12. The first kappa shape index (κ1) is 39.1. The van der Waals surface area contributed by atoms with E-state index in [1.165, 1.54) is 6.08 Å². The molecule has 6 unspecified atom stereocenters. The zero-order chi connectivity index (χ0) is 34.5. The molecule has 0 bridgehead atoms.